The van der Waals surface area contributed by atoms with E-state index in [-0.39, 0.29) is 18.3 Å². The normalized spacial score (nSPS) is 10.3. The summed E-state index contributed by atoms with van der Waals surface area (Å²) in [6.07, 6.45) is 4.34. The van der Waals surface area contributed by atoms with Crippen LogP contribution in [0.15, 0.2) is 23.8 Å². The first-order chi connectivity index (χ1) is 10.1. The number of nitrogens with one attached hydrogen (secondary N) is 2. The van der Waals surface area contributed by atoms with Crippen LogP contribution in [0.2, 0.25) is 0 Å². The Morgan fingerprint density at radius 2 is 2.24 bits per heavy atom. The molecular weight excluding hydrogens is 294 g/mol. The molecule has 2 rings (SSSR count). The van der Waals surface area contributed by atoms with E-state index in [1.807, 2.05) is 12.3 Å². The van der Waals surface area contributed by atoms with Crippen LogP contribution < -0.4 is 10.6 Å². The Morgan fingerprint density at radius 3 is 2.90 bits per heavy atom. The van der Waals surface area contributed by atoms with Gasteiger partial charge in [0, 0.05) is 30.9 Å². The molecular formula is C12H15N5O3S. The van der Waals surface area contributed by atoms with E-state index < -0.39 is 5.97 Å². The molecule has 3 N–H and O–H groups in total. The second kappa shape index (κ2) is 7.39. The van der Waals surface area contributed by atoms with Gasteiger partial charge >= 0.3 is 12.0 Å². The molecule has 112 valence electrons. The summed E-state index contributed by atoms with van der Waals surface area (Å²) < 4.78 is 1.79. The van der Waals surface area contributed by atoms with E-state index in [2.05, 4.69) is 20.7 Å². The van der Waals surface area contributed by atoms with E-state index in [4.69, 9.17) is 5.11 Å². The molecule has 0 unspecified atom stereocenters. The van der Waals surface area contributed by atoms with Gasteiger partial charge in [-0.1, -0.05) is 0 Å². The molecule has 2 heterocycles. The van der Waals surface area contributed by atoms with Crippen molar-refractivity contribution < 1.29 is 14.7 Å². The molecule has 0 radical (unpaired) electrons. The topological polar surface area (TPSA) is 109 Å². The van der Waals surface area contributed by atoms with Crippen molar-refractivity contribution in [3.05, 3.63) is 34.5 Å². The van der Waals surface area contributed by atoms with Crippen LogP contribution in [0.3, 0.4) is 0 Å². The number of aryl methyl sites for hydroxylation is 1. The summed E-state index contributed by atoms with van der Waals surface area (Å²) in [5.74, 6) is -1.07. The highest BCUT2D eigenvalue weighted by atomic mass is 32.1. The Bertz CT molecular complexity index is 596. The highest BCUT2D eigenvalue weighted by Gasteiger charge is 2.09. The van der Waals surface area contributed by atoms with Gasteiger partial charge in [0.15, 0.2) is 5.69 Å². The minimum Gasteiger partial charge on any atom is -0.476 e. The summed E-state index contributed by atoms with van der Waals surface area (Å²) in [6, 6.07) is 1.54. The number of carboxylic acids is 1. The number of urea groups is 1. The molecule has 2 aromatic heterocycles. The van der Waals surface area contributed by atoms with Crippen LogP contribution in [0.4, 0.5) is 4.79 Å². The van der Waals surface area contributed by atoms with Gasteiger partial charge in [-0.3, -0.25) is 4.68 Å². The molecule has 0 aliphatic carbocycles. The van der Waals surface area contributed by atoms with E-state index >= 15 is 0 Å². The van der Waals surface area contributed by atoms with Crippen LogP contribution in [-0.4, -0.2) is 38.4 Å². The highest BCUT2D eigenvalue weighted by molar-refractivity contribution is 7.09. The average Bonchev–Trinajstić information content (AvgIpc) is 3.12. The number of hydrogen-bond acceptors (Lipinski definition) is 5. The van der Waals surface area contributed by atoms with Crippen molar-refractivity contribution in [2.45, 2.75) is 19.5 Å². The molecule has 0 bridgehead atoms. The monoisotopic (exact) mass is 309 g/mol. The van der Waals surface area contributed by atoms with Gasteiger partial charge in [-0.05, 0) is 12.5 Å². The van der Waals surface area contributed by atoms with Crippen molar-refractivity contribution in [2.24, 2.45) is 0 Å². The van der Waals surface area contributed by atoms with E-state index in [1.54, 1.807) is 10.9 Å². The summed E-state index contributed by atoms with van der Waals surface area (Å²) in [6.45, 7) is 1.48. The van der Waals surface area contributed by atoms with Gasteiger partial charge in [0.2, 0.25) is 0 Å². The van der Waals surface area contributed by atoms with E-state index in [1.165, 1.54) is 16.7 Å². The smallest absolute Gasteiger partial charge is 0.355 e. The number of aromatic carboxylic acids is 1. The predicted octanol–water partition coefficient (Wildman–Crippen LogP) is 0.927. The second-order valence-corrected chi connectivity index (χ2v) is 5.11. The molecule has 0 fully saturated rings. The lowest BCUT2D eigenvalue weighted by molar-refractivity contribution is 0.0691. The maximum absolute atomic E-state index is 11.5. The van der Waals surface area contributed by atoms with Gasteiger partial charge in [0.1, 0.15) is 5.01 Å². The van der Waals surface area contributed by atoms with Crippen LogP contribution >= 0.6 is 11.3 Å². The van der Waals surface area contributed by atoms with Gasteiger partial charge in [-0.25, -0.2) is 14.6 Å². The van der Waals surface area contributed by atoms with Crippen molar-refractivity contribution in [1.29, 1.82) is 0 Å². The number of carbonyl (C=O) groups is 2. The minimum absolute atomic E-state index is 0.00330. The van der Waals surface area contributed by atoms with Crippen molar-refractivity contribution in [2.75, 3.05) is 6.54 Å². The molecule has 8 nitrogen and oxygen atoms in total. The van der Waals surface area contributed by atoms with Gasteiger partial charge in [0.05, 0.1) is 6.54 Å². The summed E-state index contributed by atoms with van der Waals surface area (Å²) in [5.41, 5.74) is -0.00330. The third-order valence-corrected chi connectivity index (χ3v) is 3.43. The Kier molecular flexibility index (Phi) is 5.27. The highest BCUT2D eigenvalue weighted by Crippen LogP contribution is 2.09. The number of rotatable bonds is 7. The number of carbonyl (C=O) groups excluding carboxylic acids is 1. The first-order valence-corrected chi connectivity index (χ1v) is 7.20. The number of amides is 2. The lowest BCUT2D eigenvalue weighted by atomic mass is 10.4. The summed E-state index contributed by atoms with van der Waals surface area (Å²) in [5, 5.41) is 20.1. The first-order valence-electron chi connectivity index (χ1n) is 6.32. The number of nitrogens with zero attached hydrogens (tertiary/aromatic N) is 3. The van der Waals surface area contributed by atoms with Gasteiger partial charge in [0.25, 0.3) is 0 Å². The first kappa shape index (κ1) is 15.0. The number of aromatic nitrogens is 3. The van der Waals surface area contributed by atoms with Gasteiger partial charge in [-0.15, -0.1) is 11.3 Å². The number of thiazole rings is 1. The molecule has 2 aromatic rings. The summed E-state index contributed by atoms with van der Waals surface area (Å²) in [4.78, 5) is 26.1. The van der Waals surface area contributed by atoms with Gasteiger partial charge in [-0.2, -0.15) is 5.10 Å². The quantitative estimate of drug-likeness (QED) is 0.659. The molecule has 0 atom stereocenters. The van der Waals surface area contributed by atoms with E-state index in [9.17, 15) is 9.59 Å². The predicted molar refractivity (Wildman–Crippen MR) is 76.2 cm³/mol. The fraction of sp³-hybridized carbons (Fsp3) is 0.333. The molecule has 0 aromatic carbocycles. The van der Waals surface area contributed by atoms with E-state index in [0.717, 1.165) is 13.0 Å². The molecule has 0 saturated heterocycles. The van der Waals surface area contributed by atoms with Crippen LogP contribution in [0.5, 0.6) is 0 Å². The Balaban J connectivity index is 1.61. The van der Waals surface area contributed by atoms with Crippen LogP contribution in [0.1, 0.15) is 21.9 Å². The fourth-order valence-corrected chi connectivity index (χ4v) is 2.29. The zero-order chi connectivity index (χ0) is 15.1. The summed E-state index contributed by atoms with van der Waals surface area (Å²) in [7, 11) is 0. The SMILES string of the molecule is O=C(NCCCn1cccn1)NCc1nc(C(=O)O)cs1. The fourth-order valence-electron chi connectivity index (χ4n) is 1.58. The number of carboxylic acid groups (broad SMARTS) is 1. The molecule has 0 aliphatic heterocycles. The van der Waals surface area contributed by atoms with Crippen molar-refractivity contribution >= 4 is 23.3 Å². The lowest BCUT2D eigenvalue weighted by Crippen LogP contribution is -2.35. The Labute approximate surface area is 124 Å². The third-order valence-electron chi connectivity index (χ3n) is 2.58. The average molecular weight is 309 g/mol. The Hall–Kier alpha value is -2.42. The van der Waals surface area contributed by atoms with Crippen LogP contribution in [0.25, 0.3) is 0 Å². The Morgan fingerprint density at radius 1 is 1.38 bits per heavy atom. The zero-order valence-corrected chi connectivity index (χ0v) is 12.0. The molecule has 0 saturated carbocycles. The van der Waals surface area contributed by atoms with Crippen molar-refractivity contribution in [3.63, 3.8) is 0 Å². The largest absolute Gasteiger partial charge is 0.476 e. The van der Waals surface area contributed by atoms with E-state index in [0.29, 0.717) is 11.6 Å². The minimum atomic E-state index is -1.07. The molecule has 0 spiro atoms. The van der Waals surface area contributed by atoms with Crippen LogP contribution in [-0.2, 0) is 13.1 Å². The maximum atomic E-state index is 11.5. The maximum Gasteiger partial charge on any atom is 0.355 e. The summed E-state index contributed by atoms with van der Waals surface area (Å²) >= 11 is 1.20. The van der Waals surface area contributed by atoms with Crippen LogP contribution in [0, 0.1) is 0 Å². The zero-order valence-electron chi connectivity index (χ0n) is 11.2. The third kappa shape index (κ3) is 4.88. The van der Waals surface area contributed by atoms with Crippen molar-refractivity contribution in [3.8, 4) is 0 Å². The number of hydrogen-bond donors (Lipinski definition) is 3. The van der Waals surface area contributed by atoms with Gasteiger partial charge < -0.3 is 15.7 Å². The molecule has 9 heteroatoms. The standard InChI is InChI=1S/C12H15N5O3S/c18-11(19)9-8-21-10(16-9)7-14-12(20)13-3-1-5-17-6-2-4-15-17/h2,4,6,8H,1,3,5,7H2,(H,18,19)(H2,13,14,20). The second-order valence-electron chi connectivity index (χ2n) is 4.16. The molecule has 21 heavy (non-hydrogen) atoms. The van der Waals surface area contributed by atoms with Crippen molar-refractivity contribution in [1.82, 2.24) is 25.4 Å². The lowest BCUT2D eigenvalue weighted by Gasteiger charge is -2.06. The molecule has 2 amide bonds. The molecule has 0 aliphatic rings.